The molecule has 3 rings (SSSR count). The molecular weight excluding hydrogens is 405 g/mol. The molecule has 0 unspecified atom stereocenters. The largest absolute Gasteiger partial charge is 0.492 e. The second-order valence-electron chi connectivity index (χ2n) is 7.03. The van der Waals surface area contributed by atoms with Crippen molar-refractivity contribution in [2.45, 2.75) is 0 Å². The molecule has 0 aliphatic rings. The van der Waals surface area contributed by atoms with E-state index < -0.39 is 15.7 Å². The Labute approximate surface area is 177 Å². The normalized spacial score (nSPS) is 10.8. The number of benzene rings is 3. The Balaban J connectivity index is 2.20. The molecule has 0 N–H and O–H groups in total. The van der Waals surface area contributed by atoms with E-state index in [0.29, 0.717) is 6.54 Å². The molecule has 9 heteroatoms. The van der Waals surface area contributed by atoms with E-state index in [2.05, 4.69) is 0 Å². The maximum absolute atomic E-state index is 15.2. The third kappa shape index (κ3) is 4.84. The van der Waals surface area contributed by atoms with Crippen LogP contribution in [0, 0.1) is 26.0 Å². The van der Waals surface area contributed by atoms with Gasteiger partial charge in [0, 0.05) is 29.8 Å². The van der Waals surface area contributed by atoms with Gasteiger partial charge in [0.2, 0.25) is 0 Å². The maximum Gasteiger partial charge on any atom is 0.277 e. The van der Waals surface area contributed by atoms with Gasteiger partial charge in [-0.25, -0.2) is 4.39 Å². The van der Waals surface area contributed by atoms with Crippen LogP contribution in [0.5, 0.6) is 5.75 Å². The monoisotopic (exact) mass is 425 g/mol. The molecule has 0 amide bonds. The quantitative estimate of drug-likeness (QED) is 0.375. The number of rotatable bonds is 8. The molecule has 0 saturated heterocycles. The third-order valence-corrected chi connectivity index (χ3v) is 4.65. The minimum absolute atomic E-state index is 0.0190. The van der Waals surface area contributed by atoms with Crippen molar-refractivity contribution in [3.63, 3.8) is 0 Å². The van der Waals surface area contributed by atoms with Crippen molar-refractivity contribution in [1.82, 2.24) is 4.90 Å². The van der Waals surface area contributed by atoms with Crippen LogP contribution >= 0.6 is 0 Å². The first-order chi connectivity index (χ1) is 14.8. The summed E-state index contributed by atoms with van der Waals surface area (Å²) >= 11 is 0. The second kappa shape index (κ2) is 9.31. The highest BCUT2D eigenvalue weighted by Crippen LogP contribution is 2.41. The lowest BCUT2D eigenvalue weighted by Gasteiger charge is -2.16. The summed E-state index contributed by atoms with van der Waals surface area (Å²) in [7, 11) is 3.71. The van der Waals surface area contributed by atoms with Crippen LogP contribution in [0.3, 0.4) is 0 Å². The number of ether oxygens (including phenoxy) is 1. The molecule has 0 saturated carbocycles. The van der Waals surface area contributed by atoms with Crippen LogP contribution < -0.4 is 4.74 Å². The first-order valence-electron chi connectivity index (χ1n) is 9.38. The first kappa shape index (κ1) is 21.8. The molecule has 0 bridgehead atoms. The lowest BCUT2D eigenvalue weighted by molar-refractivity contribution is -0.384. The molecule has 3 aromatic rings. The summed E-state index contributed by atoms with van der Waals surface area (Å²) in [5.41, 5.74) is 0.0224. The lowest BCUT2D eigenvalue weighted by Crippen LogP contribution is -2.19. The summed E-state index contributed by atoms with van der Waals surface area (Å²) in [5.74, 6) is -0.548. The van der Waals surface area contributed by atoms with Gasteiger partial charge in [0.1, 0.15) is 18.2 Å². The Bertz CT molecular complexity index is 1130. The number of para-hydroxylation sites is 2. The van der Waals surface area contributed by atoms with Crippen molar-refractivity contribution in [2.75, 3.05) is 27.2 Å². The van der Waals surface area contributed by atoms with Crippen LogP contribution in [-0.2, 0) is 0 Å². The van der Waals surface area contributed by atoms with Crippen LogP contribution in [0.2, 0.25) is 0 Å². The minimum atomic E-state index is -0.748. The molecule has 0 atom stereocenters. The van der Waals surface area contributed by atoms with Gasteiger partial charge in [-0.2, -0.15) is 0 Å². The van der Waals surface area contributed by atoms with Crippen molar-refractivity contribution in [2.24, 2.45) is 0 Å². The van der Waals surface area contributed by atoms with Gasteiger partial charge in [0.25, 0.3) is 11.4 Å². The summed E-state index contributed by atoms with van der Waals surface area (Å²) in [6.45, 7) is 0.789. The molecule has 0 radical (unpaired) electrons. The molecular formula is C22H20FN3O5. The number of hydrogen-bond donors (Lipinski definition) is 0. The van der Waals surface area contributed by atoms with Gasteiger partial charge in [-0.3, -0.25) is 20.2 Å². The number of nitro groups is 2. The van der Waals surface area contributed by atoms with Crippen molar-refractivity contribution in [3.05, 3.63) is 86.7 Å². The Morgan fingerprint density at radius 2 is 1.35 bits per heavy atom. The lowest BCUT2D eigenvalue weighted by atomic mass is 9.96. The van der Waals surface area contributed by atoms with Gasteiger partial charge < -0.3 is 9.64 Å². The van der Waals surface area contributed by atoms with E-state index in [1.807, 2.05) is 19.0 Å². The minimum Gasteiger partial charge on any atom is -0.492 e. The van der Waals surface area contributed by atoms with Crippen molar-refractivity contribution in [1.29, 1.82) is 0 Å². The fourth-order valence-electron chi connectivity index (χ4n) is 3.15. The zero-order valence-electron chi connectivity index (χ0n) is 16.9. The molecule has 0 fully saturated rings. The molecule has 160 valence electrons. The molecule has 0 aromatic heterocycles. The molecule has 3 aromatic carbocycles. The topological polar surface area (TPSA) is 98.8 Å². The van der Waals surface area contributed by atoms with E-state index >= 15 is 4.39 Å². The molecule has 31 heavy (non-hydrogen) atoms. The van der Waals surface area contributed by atoms with Gasteiger partial charge >= 0.3 is 0 Å². The molecule has 0 heterocycles. The fourth-order valence-corrected chi connectivity index (χ4v) is 3.15. The van der Waals surface area contributed by atoms with Gasteiger partial charge in [0.05, 0.1) is 21.0 Å². The highest BCUT2D eigenvalue weighted by atomic mass is 19.1. The first-order valence-corrected chi connectivity index (χ1v) is 9.38. The van der Waals surface area contributed by atoms with Crippen LogP contribution in [-0.4, -0.2) is 42.0 Å². The standard InChI is InChI=1S/C22H20FN3O5/c1-24(2)11-12-31-22-14-17(15-7-3-5-9-20(15)25(27)28)19(23)13-18(22)16-8-4-6-10-21(16)26(29)30/h3-10,13-14H,11-12H2,1-2H3. The van der Waals surface area contributed by atoms with E-state index in [-0.39, 0.29) is 46.0 Å². The van der Waals surface area contributed by atoms with Crippen LogP contribution in [0.15, 0.2) is 60.7 Å². The molecule has 0 spiro atoms. The number of nitro benzene ring substituents is 2. The Hall–Kier alpha value is -3.85. The fraction of sp³-hybridized carbons (Fsp3) is 0.182. The smallest absolute Gasteiger partial charge is 0.277 e. The number of hydrogen-bond acceptors (Lipinski definition) is 6. The SMILES string of the molecule is CN(C)CCOc1cc(-c2ccccc2[N+](=O)[O-])c(F)cc1-c1ccccc1[N+](=O)[O-]. The molecule has 0 aliphatic carbocycles. The Morgan fingerprint density at radius 3 is 1.87 bits per heavy atom. The van der Waals surface area contributed by atoms with E-state index in [1.165, 1.54) is 42.5 Å². The second-order valence-corrected chi connectivity index (χ2v) is 7.03. The number of halogens is 1. The Morgan fingerprint density at radius 1 is 0.839 bits per heavy atom. The number of nitrogens with zero attached hydrogens (tertiary/aromatic N) is 3. The summed E-state index contributed by atoms with van der Waals surface area (Å²) in [6, 6.07) is 14.3. The molecule has 0 aliphatic heterocycles. The van der Waals surface area contributed by atoms with E-state index in [9.17, 15) is 20.2 Å². The highest BCUT2D eigenvalue weighted by molar-refractivity contribution is 5.83. The summed E-state index contributed by atoms with van der Waals surface area (Å²) < 4.78 is 21.0. The summed E-state index contributed by atoms with van der Waals surface area (Å²) in [5, 5.41) is 22.9. The van der Waals surface area contributed by atoms with Crippen molar-refractivity contribution in [3.8, 4) is 28.0 Å². The van der Waals surface area contributed by atoms with E-state index in [1.54, 1.807) is 12.1 Å². The zero-order chi connectivity index (χ0) is 22.5. The predicted molar refractivity (Wildman–Crippen MR) is 115 cm³/mol. The Kier molecular flexibility index (Phi) is 6.56. The van der Waals surface area contributed by atoms with Crippen molar-refractivity contribution < 1.29 is 19.0 Å². The van der Waals surface area contributed by atoms with Gasteiger partial charge in [-0.05, 0) is 38.4 Å². The van der Waals surface area contributed by atoms with Crippen LogP contribution in [0.1, 0.15) is 0 Å². The zero-order valence-corrected chi connectivity index (χ0v) is 16.9. The van der Waals surface area contributed by atoms with Gasteiger partial charge in [-0.1, -0.05) is 24.3 Å². The maximum atomic E-state index is 15.2. The highest BCUT2D eigenvalue weighted by Gasteiger charge is 2.23. The van der Waals surface area contributed by atoms with E-state index in [4.69, 9.17) is 4.74 Å². The summed E-state index contributed by atoms with van der Waals surface area (Å²) in [4.78, 5) is 23.7. The van der Waals surface area contributed by atoms with Crippen LogP contribution in [0.25, 0.3) is 22.3 Å². The number of likely N-dealkylation sites (N-methyl/N-ethyl adjacent to an activating group) is 1. The van der Waals surface area contributed by atoms with Gasteiger partial charge in [0.15, 0.2) is 0 Å². The van der Waals surface area contributed by atoms with Crippen LogP contribution in [0.4, 0.5) is 15.8 Å². The molecule has 8 nitrogen and oxygen atoms in total. The average Bonchev–Trinajstić information content (AvgIpc) is 2.74. The van der Waals surface area contributed by atoms with Gasteiger partial charge in [-0.15, -0.1) is 0 Å². The average molecular weight is 425 g/mol. The van der Waals surface area contributed by atoms with E-state index in [0.717, 1.165) is 6.07 Å². The summed E-state index contributed by atoms with van der Waals surface area (Å²) in [6.07, 6.45) is 0. The predicted octanol–water partition coefficient (Wildman–Crippen LogP) is 4.92. The van der Waals surface area contributed by atoms with Crippen molar-refractivity contribution >= 4 is 11.4 Å². The third-order valence-electron chi connectivity index (χ3n) is 4.65.